The maximum atomic E-state index is 11.6. The van der Waals surface area contributed by atoms with E-state index in [9.17, 15) is 4.79 Å². The summed E-state index contributed by atoms with van der Waals surface area (Å²) in [7, 11) is 0. The topological polar surface area (TPSA) is 50.4 Å². The summed E-state index contributed by atoms with van der Waals surface area (Å²) in [5.74, 6) is -0.323. The molecule has 0 saturated heterocycles. The lowest BCUT2D eigenvalue weighted by Crippen LogP contribution is -2.20. The molecule has 0 bridgehead atoms. The predicted octanol–water partition coefficient (Wildman–Crippen LogP) is 4.60. The van der Waals surface area contributed by atoms with Crippen LogP contribution in [0.4, 0.5) is 11.4 Å². The van der Waals surface area contributed by atoms with Gasteiger partial charge in [-0.2, -0.15) is 0 Å². The van der Waals surface area contributed by atoms with E-state index in [0.29, 0.717) is 17.3 Å². The van der Waals surface area contributed by atoms with E-state index in [2.05, 4.69) is 43.5 Å². The molecule has 0 amide bonds. The molecule has 2 aromatic rings. The molecule has 2 aromatic carbocycles. The van der Waals surface area contributed by atoms with Crippen molar-refractivity contribution in [3.05, 3.63) is 58.7 Å². The van der Waals surface area contributed by atoms with Gasteiger partial charge >= 0.3 is 5.97 Å². The quantitative estimate of drug-likeness (QED) is 0.628. The summed E-state index contributed by atoms with van der Waals surface area (Å²) in [5.41, 5.74) is 5.86. The van der Waals surface area contributed by atoms with Gasteiger partial charge in [0.05, 0.1) is 12.2 Å². The molecule has 5 heteroatoms. The first kappa shape index (κ1) is 17.9. The van der Waals surface area contributed by atoms with Crippen LogP contribution < -0.4 is 10.6 Å². The number of thiocarbonyl (C=S) groups is 1. The number of esters is 1. The van der Waals surface area contributed by atoms with Gasteiger partial charge in [0, 0.05) is 11.4 Å². The van der Waals surface area contributed by atoms with E-state index in [4.69, 9.17) is 17.0 Å². The van der Waals surface area contributed by atoms with Gasteiger partial charge in [0.25, 0.3) is 0 Å². The minimum Gasteiger partial charge on any atom is -0.462 e. The number of nitrogens with one attached hydrogen (secondary N) is 2. The number of hydrogen-bond donors (Lipinski definition) is 2. The molecule has 0 spiro atoms. The largest absolute Gasteiger partial charge is 0.462 e. The van der Waals surface area contributed by atoms with Crippen LogP contribution in [0, 0.1) is 20.8 Å². The number of carbonyl (C=O) groups excluding carboxylic acids is 1. The maximum Gasteiger partial charge on any atom is 0.338 e. The van der Waals surface area contributed by atoms with Crippen LogP contribution in [0.25, 0.3) is 0 Å². The van der Waals surface area contributed by atoms with Gasteiger partial charge in [-0.05, 0) is 75.3 Å². The molecule has 0 aliphatic carbocycles. The van der Waals surface area contributed by atoms with Crippen LogP contribution in [0.15, 0.2) is 36.4 Å². The summed E-state index contributed by atoms with van der Waals surface area (Å²) in [6, 6.07) is 11.3. The number of ether oxygens (including phenoxy) is 1. The number of carbonyl (C=O) groups is 1. The fraction of sp³-hybridized carbons (Fsp3) is 0.263. The van der Waals surface area contributed by atoms with Crippen LogP contribution in [-0.4, -0.2) is 17.7 Å². The van der Waals surface area contributed by atoms with Crippen LogP contribution in [0.1, 0.15) is 34.0 Å². The van der Waals surface area contributed by atoms with Crippen LogP contribution in [0.5, 0.6) is 0 Å². The van der Waals surface area contributed by atoms with Gasteiger partial charge in [-0.1, -0.05) is 17.7 Å². The Balaban J connectivity index is 2.04. The zero-order chi connectivity index (χ0) is 17.7. The number of aryl methyl sites for hydroxylation is 3. The summed E-state index contributed by atoms with van der Waals surface area (Å²) < 4.78 is 4.97. The zero-order valence-corrected chi connectivity index (χ0v) is 15.2. The van der Waals surface area contributed by atoms with E-state index in [0.717, 1.165) is 22.5 Å². The molecule has 24 heavy (non-hydrogen) atoms. The molecule has 0 fully saturated rings. The Morgan fingerprint density at radius 2 is 1.62 bits per heavy atom. The van der Waals surface area contributed by atoms with Crippen molar-refractivity contribution >= 4 is 34.7 Å². The van der Waals surface area contributed by atoms with Crippen molar-refractivity contribution < 1.29 is 9.53 Å². The van der Waals surface area contributed by atoms with E-state index in [-0.39, 0.29) is 5.97 Å². The summed E-state index contributed by atoms with van der Waals surface area (Å²) in [4.78, 5) is 11.6. The van der Waals surface area contributed by atoms with Gasteiger partial charge in [0.1, 0.15) is 0 Å². The highest BCUT2D eigenvalue weighted by atomic mass is 32.1. The van der Waals surface area contributed by atoms with Crippen LogP contribution in [0.2, 0.25) is 0 Å². The Morgan fingerprint density at radius 3 is 2.17 bits per heavy atom. The first-order valence-electron chi connectivity index (χ1n) is 7.83. The van der Waals surface area contributed by atoms with Crippen molar-refractivity contribution in [3.8, 4) is 0 Å². The van der Waals surface area contributed by atoms with E-state index in [1.54, 1.807) is 31.2 Å². The Bertz CT molecular complexity index is 731. The molecular formula is C19H22N2O2S. The first-order chi connectivity index (χ1) is 11.4. The van der Waals surface area contributed by atoms with Crippen LogP contribution in [-0.2, 0) is 4.74 Å². The van der Waals surface area contributed by atoms with Gasteiger partial charge in [-0.3, -0.25) is 0 Å². The number of hydrogen-bond acceptors (Lipinski definition) is 3. The van der Waals surface area contributed by atoms with E-state index >= 15 is 0 Å². The molecule has 0 radical (unpaired) electrons. The van der Waals surface area contributed by atoms with E-state index in [1.165, 1.54) is 5.56 Å². The average Bonchev–Trinajstić information content (AvgIpc) is 2.52. The molecule has 0 saturated carbocycles. The van der Waals surface area contributed by atoms with Gasteiger partial charge in [0.15, 0.2) is 5.11 Å². The molecule has 0 heterocycles. The molecule has 2 rings (SSSR count). The molecule has 0 aromatic heterocycles. The SMILES string of the molecule is CCOC(=O)c1ccc(NC(=S)Nc2c(C)cc(C)cc2C)cc1. The molecular weight excluding hydrogens is 320 g/mol. The standard InChI is InChI=1S/C19H22N2O2S/c1-5-23-18(22)15-6-8-16(9-7-15)20-19(24)21-17-13(3)10-12(2)11-14(17)4/h6-11H,5H2,1-4H3,(H2,20,21,24). The first-order valence-corrected chi connectivity index (χ1v) is 8.24. The van der Waals surface area contributed by atoms with Crippen molar-refractivity contribution in [2.45, 2.75) is 27.7 Å². The predicted molar refractivity (Wildman–Crippen MR) is 103 cm³/mol. The highest BCUT2D eigenvalue weighted by Gasteiger charge is 2.08. The minimum atomic E-state index is -0.323. The third kappa shape index (κ3) is 4.55. The van der Waals surface area contributed by atoms with Crippen LogP contribution >= 0.6 is 12.2 Å². The van der Waals surface area contributed by atoms with Gasteiger partial charge in [-0.15, -0.1) is 0 Å². The smallest absolute Gasteiger partial charge is 0.338 e. The zero-order valence-electron chi connectivity index (χ0n) is 14.4. The van der Waals surface area contributed by atoms with Crippen molar-refractivity contribution in [2.24, 2.45) is 0 Å². The number of rotatable bonds is 4. The van der Waals surface area contributed by atoms with E-state index in [1.807, 2.05) is 0 Å². The molecule has 0 unspecified atom stereocenters. The molecule has 2 N–H and O–H groups in total. The second-order valence-corrected chi connectivity index (χ2v) is 6.06. The van der Waals surface area contributed by atoms with Crippen molar-refractivity contribution in [3.63, 3.8) is 0 Å². The molecule has 4 nitrogen and oxygen atoms in total. The average molecular weight is 342 g/mol. The third-order valence-corrected chi connectivity index (χ3v) is 3.77. The van der Waals surface area contributed by atoms with Crippen molar-refractivity contribution in [1.29, 1.82) is 0 Å². The summed E-state index contributed by atoms with van der Waals surface area (Å²) >= 11 is 5.38. The monoisotopic (exact) mass is 342 g/mol. The third-order valence-electron chi connectivity index (χ3n) is 3.57. The highest BCUT2D eigenvalue weighted by Crippen LogP contribution is 2.22. The lowest BCUT2D eigenvalue weighted by Gasteiger charge is -2.16. The maximum absolute atomic E-state index is 11.6. The summed E-state index contributed by atoms with van der Waals surface area (Å²) in [5, 5.41) is 6.87. The Morgan fingerprint density at radius 1 is 1.04 bits per heavy atom. The minimum absolute atomic E-state index is 0.323. The fourth-order valence-corrected chi connectivity index (χ4v) is 2.78. The van der Waals surface area contributed by atoms with Crippen molar-refractivity contribution in [2.75, 3.05) is 17.2 Å². The highest BCUT2D eigenvalue weighted by molar-refractivity contribution is 7.80. The lowest BCUT2D eigenvalue weighted by molar-refractivity contribution is 0.0526. The molecule has 0 aliphatic heterocycles. The van der Waals surface area contributed by atoms with Crippen molar-refractivity contribution in [1.82, 2.24) is 0 Å². The number of anilines is 2. The fourth-order valence-electron chi connectivity index (χ4n) is 2.56. The summed E-state index contributed by atoms with van der Waals surface area (Å²) in [6.07, 6.45) is 0. The van der Waals surface area contributed by atoms with Gasteiger partial charge in [0.2, 0.25) is 0 Å². The number of benzene rings is 2. The van der Waals surface area contributed by atoms with Gasteiger partial charge in [-0.25, -0.2) is 4.79 Å². The lowest BCUT2D eigenvalue weighted by atomic mass is 10.1. The normalized spacial score (nSPS) is 10.2. The Labute approximate surface area is 148 Å². The van der Waals surface area contributed by atoms with Gasteiger partial charge < -0.3 is 15.4 Å². The molecule has 126 valence electrons. The second-order valence-electron chi connectivity index (χ2n) is 5.65. The molecule has 0 aliphatic rings. The Hall–Kier alpha value is -2.40. The summed E-state index contributed by atoms with van der Waals surface area (Å²) in [6.45, 7) is 8.33. The second kappa shape index (κ2) is 7.93. The molecule has 0 atom stereocenters. The Kier molecular flexibility index (Phi) is 5.93. The van der Waals surface area contributed by atoms with E-state index < -0.39 is 0 Å². The van der Waals surface area contributed by atoms with Crippen LogP contribution in [0.3, 0.4) is 0 Å².